The topological polar surface area (TPSA) is 46.2 Å². The van der Waals surface area contributed by atoms with Crippen molar-refractivity contribution in [3.63, 3.8) is 0 Å². The summed E-state index contributed by atoms with van der Waals surface area (Å²) in [4.78, 5) is 23.0. The first-order chi connectivity index (χ1) is 7.93. The van der Waals surface area contributed by atoms with Crippen LogP contribution in [-0.4, -0.2) is 11.8 Å². The molecule has 17 heavy (non-hydrogen) atoms. The van der Waals surface area contributed by atoms with E-state index in [1.165, 1.54) is 6.07 Å². The number of carbonyl (C=O) groups is 2. The molecule has 1 unspecified atom stereocenters. The van der Waals surface area contributed by atoms with E-state index in [0.29, 0.717) is 16.5 Å². The van der Waals surface area contributed by atoms with Gasteiger partial charge in [-0.25, -0.2) is 4.39 Å². The molecule has 0 spiro atoms. The Kier molecular flexibility index (Phi) is 3.03. The van der Waals surface area contributed by atoms with E-state index in [-0.39, 0.29) is 12.3 Å². The lowest BCUT2D eigenvalue weighted by molar-refractivity contribution is -0.137. The Morgan fingerprint density at radius 2 is 2.12 bits per heavy atom. The monoisotopic (exact) mass is 299 g/mol. The molecule has 5 heteroatoms. The van der Waals surface area contributed by atoms with E-state index in [4.69, 9.17) is 0 Å². The van der Waals surface area contributed by atoms with E-state index in [2.05, 4.69) is 21.2 Å². The van der Waals surface area contributed by atoms with Crippen LogP contribution in [0.3, 0.4) is 0 Å². The van der Waals surface area contributed by atoms with E-state index in [1.807, 2.05) is 0 Å². The average Bonchev–Trinajstić information content (AvgIpc) is 2.24. The maximum Gasteiger partial charge on any atom is 0.237 e. The zero-order valence-electron chi connectivity index (χ0n) is 9.22. The fourth-order valence-corrected chi connectivity index (χ4v) is 2.33. The van der Waals surface area contributed by atoms with Gasteiger partial charge in [-0.3, -0.25) is 14.9 Å². The fraction of sp³-hybridized carbons (Fsp3) is 0.333. The normalized spacial score (nSPS) is 24.6. The van der Waals surface area contributed by atoms with E-state index in [0.717, 1.165) is 0 Å². The van der Waals surface area contributed by atoms with Crippen molar-refractivity contribution in [3.05, 3.63) is 34.1 Å². The Labute approximate surface area is 107 Å². The first-order valence-electron chi connectivity index (χ1n) is 5.23. The number of benzene rings is 1. The summed E-state index contributed by atoms with van der Waals surface area (Å²) in [5, 5.41) is 2.25. The molecule has 1 heterocycles. The second-order valence-corrected chi connectivity index (χ2v) is 5.25. The van der Waals surface area contributed by atoms with Crippen LogP contribution in [0.15, 0.2) is 22.7 Å². The van der Waals surface area contributed by atoms with E-state index in [9.17, 15) is 14.0 Å². The number of hydrogen-bond donors (Lipinski definition) is 1. The summed E-state index contributed by atoms with van der Waals surface area (Å²) in [6.07, 6.45) is 0.563. The van der Waals surface area contributed by atoms with Crippen LogP contribution in [0.2, 0.25) is 0 Å². The van der Waals surface area contributed by atoms with Gasteiger partial charge in [0.25, 0.3) is 0 Å². The molecule has 1 aromatic carbocycles. The number of rotatable bonds is 1. The lowest BCUT2D eigenvalue weighted by atomic mass is 9.75. The number of piperidine rings is 1. The summed E-state index contributed by atoms with van der Waals surface area (Å²) in [5.41, 5.74) is -0.649. The molecule has 1 saturated heterocycles. The van der Waals surface area contributed by atoms with Gasteiger partial charge in [-0.1, -0.05) is 22.0 Å². The third-order valence-electron chi connectivity index (χ3n) is 3.13. The SMILES string of the molecule is CC1(c2ccc(Br)cc2F)CCC(=O)NC1=O. The number of hydrogen-bond acceptors (Lipinski definition) is 2. The van der Waals surface area contributed by atoms with Crippen LogP contribution >= 0.6 is 15.9 Å². The van der Waals surface area contributed by atoms with Crippen molar-refractivity contribution < 1.29 is 14.0 Å². The van der Waals surface area contributed by atoms with Gasteiger partial charge in [0.1, 0.15) is 5.82 Å². The van der Waals surface area contributed by atoms with Crippen molar-refractivity contribution in [3.8, 4) is 0 Å². The first kappa shape index (κ1) is 12.2. The predicted molar refractivity (Wildman–Crippen MR) is 63.8 cm³/mol. The highest BCUT2D eigenvalue weighted by molar-refractivity contribution is 9.10. The third kappa shape index (κ3) is 2.11. The van der Waals surface area contributed by atoms with Crippen molar-refractivity contribution in [1.82, 2.24) is 5.32 Å². The molecule has 90 valence electrons. The van der Waals surface area contributed by atoms with Crippen LogP contribution in [0.4, 0.5) is 4.39 Å². The molecule has 1 aromatic rings. The number of imide groups is 1. The summed E-state index contributed by atoms with van der Waals surface area (Å²) < 4.78 is 14.5. The summed E-state index contributed by atoms with van der Waals surface area (Å²) >= 11 is 3.17. The molecule has 3 nitrogen and oxygen atoms in total. The summed E-state index contributed by atoms with van der Waals surface area (Å²) in [7, 11) is 0. The molecular formula is C12H11BrFNO2. The fourth-order valence-electron chi connectivity index (χ4n) is 2.00. The van der Waals surface area contributed by atoms with E-state index < -0.39 is 17.1 Å². The summed E-state index contributed by atoms with van der Waals surface area (Å²) in [5.74, 6) is -1.17. The Balaban J connectivity index is 2.44. The van der Waals surface area contributed by atoms with Gasteiger partial charge in [0.05, 0.1) is 5.41 Å². The summed E-state index contributed by atoms with van der Waals surface area (Å²) in [6, 6.07) is 4.59. The molecule has 0 bridgehead atoms. The van der Waals surface area contributed by atoms with Gasteiger partial charge in [-0.05, 0) is 25.5 Å². The van der Waals surface area contributed by atoms with Gasteiger partial charge in [0.15, 0.2) is 0 Å². The minimum absolute atomic E-state index is 0.234. The second kappa shape index (κ2) is 4.22. The smallest absolute Gasteiger partial charge is 0.237 e. The Hall–Kier alpha value is -1.23. The molecule has 0 aromatic heterocycles. The van der Waals surface area contributed by atoms with Crippen molar-refractivity contribution in [2.75, 3.05) is 0 Å². The van der Waals surface area contributed by atoms with Crippen molar-refractivity contribution in [1.29, 1.82) is 0 Å². The quantitative estimate of drug-likeness (QED) is 0.809. The van der Waals surface area contributed by atoms with Crippen LogP contribution in [0.25, 0.3) is 0 Å². The number of halogens is 2. The lowest BCUT2D eigenvalue weighted by Gasteiger charge is -2.32. The third-order valence-corrected chi connectivity index (χ3v) is 3.63. The molecule has 2 rings (SSSR count). The maximum atomic E-state index is 13.9. The van der Waals surface area contributed by atoms with Crippen LogP contribution in [0.5, 0.6) is 0 Å². The zero-order valence-corrected chi connectivity index (χ0v) is 10.8. The van der Waals surface area contributed by atoms with Crippen LogP contribution in [0.1, 0.15) is 25.3 Å². The maximum absolute atomic E-state index is 13.9. The van der Waals surface area contributed by atoms with Crippen LogP contribution in [0, 0.1) is 5.82 Å². The lowest BCUT2D eigenvalue weighted by Crippen LogP contribution is -2.50. The zero-order chi connectivity index (χ0) is 12.6. The first-order valence-corrected chi connectivity index (χ1v) is 6.02. The molecule has 1 aliphatic heterocycles. The molecule has 2 amide bonds. The number of amides is 2. The van der Waals surface area contributed by atoms with Crippen molar-refractivity contribution >= 4 is 27.7 Å². The van der Waals surface area contributed by atoms with Gasteiger partial charge >= 0.3 is 0 Å². The molecule has 0 saturated carbocycles. The molecule has 1 aliphatic rings. The Morgan fingerprint density at radius 1 is 1.41 bits per heavy atom. The molecule has 1 atom stereocenters. The van der Waals surface area contributed by atoms with Crippen molar-refractivity contribution in [2.24, 2.45) is 0 Å². The van der Waals surface area contributed by atoms with Crippen LogP contribution in [-0.2, 0) is 15.0 Å². The second-order valence-electron chi connectivity index (χ2n) is 4.33. The van der Waals surface area contributed by atoms with Crippen LogP contribution < -0.4 is 5.32 Å². The van der Waals surface area contributed by atoms with Gasteiger partial charge in [0, 0.05) is 16.5 Å². The molecule has 1 N–H and O–H groups in total. The standard InChI is InChI=1S/C12H11BrFNO2/c1-12(5-4-10(16)15-11(12)17)8-3-2-7(13)6-9(8)14/h2-3,6H,4-5H2,1H3,(H,15,16,17). The minimum atomic E-state index is -0.974. The van der Waals surface area contributed by atoms with Gasteiger partial charge in [-0.15, -0.1) is 0 Å². The molecule has 0 radical (unpaired) electrons. The molecule has 1 fully saturated rings. The number of nitrogens with one attached hydrogen (secondary N) is 1. The van der Waals surface area contributed by atoms with E-state index in [1.54, 1.807) is 19.1 Å². The molecular weight excluding hydrogens is 289 g/mol. The molecule has 0 aliphatic carbocycles. The minimum Gasteiger partial charge on any atom is -0.296 e. The van der Waals surface area contributed by atoms with Gasteiger partial charge < -0.3 is 0 Å². The van der Waals surface area contributed by atoms with Crippen molar-refractivity contribution in [2.45, 2.75) is 25.2 Å². The average molecular weight is 300 g/mol. The largest absolute Gasteiger partial charge is 0.296 e. The summed E-state index contributed by atoms with van der Waals surface area (Å²) in [6.45, 7) is 1.65. The van der Waals surface area contributed by atoms with E-state index >= 15 is 0 Å². The Morgan fingerprint density at radius 3 is 2.71 bits per heavy atom. The Bertz CT molecular complexity index is 503. The number of carbonyl (C=O) groups excluding carboxylic acids is 2. The highest BCUT2D eigenvalue weighted by Crippen LogP contribution is 2.34. The highest BCUT2D eigenvalue weighted by atomic mass is 79.9. The van der Waals surface area contributed by atoms with Gasteiger partial charge in [0.2, 0.25) is 11.8 Å². The van der Waals surface area contributed by atoms with Gasteiger partial charge in [-0.2, -0.15) is 0 Å². The highest BCUT2D eigenvalue weighted by Gasteiger charge is 2.41. The predicted octanol–water partition coefficient (Wildman–Crippen LogP) is 2.28.